The zero-order valence-corrected chi connectivity index (χ0v) is 17.8. The van der Waals surface area contributed by atoms with E-state index in [9.17, 15) is 9.35 Å². The van der Waals surface area contributed by atoms with Gasteiger partial charge in [0.15, 0.2) is 4.90 Å². The van der Waals surface area contributed by atoms with Crippen molar-refractivity contribution in [3.63, 3.8) is 0 Å². The molecule has 0 aromatic heterocycles. The van der Waals surface area contributed by atoms with Crippen LogP contribution in [-0.2, 0) is 16.0 Å². The molecule has 1 aromatic carbocycles. The van der Waals surface area contributed by atoms with Crippen molar-refractivity contribution in [1.82, 2.24) is 14.9 Å². The van der Waals surface area contributed by atoms with E-state index in [2.05, 4.69) is 27.1 Å². The van der Waals surface area contributed by atoms with Crippen LogP contribution in [0.2, 0.25) is 0 Å². The van der Waals surface area contributed by atoms with Crippen molar-refractivity contribution in [2.75, 3.05) is 39.0 Å². The molecule has 6 heteroatoms. The summed E-state index contributed by atoms with van der Waals surface area (Å²) in [4.78, 5) is 15.4. The minimum atomic E-state index is -0.921. The van der Waals surface area contributed by atoms with Crippen LogP contribution in [0.15, 0.2) is 29.2 Å². The van der Waals surface area contributed by atoms with Crippen molar-refractivity contribution in [2.45, 2.75) is 61.8 Å². The van der Waals surface area contributed by atoms with Crippen LogP contribution in [0.1, 0.15) is 56.4 Å². The quantitative estimate of drug-likeness (QED) is 0.725. The molecular weight excluding hydrogens is 370 g/mol. The average Bonchev–Trinajstić information content (AvgIpc) is 2.74. The second-order valence-corrected chi connectivity index (χ2v) is 9.80. The molecule has 1 amide bonds. The number of hydrogen-bond acceptors (Lipinski definition) is 4. The zero-order chi connectivity index (χ0) is 19.5. The minimum absolute atomic E-state index is 0.373. The number of hydrazine groups is 1. The molecule has 4 rings (SSSR count). The van der Waals surface area contributed by atoms with Crippen LogP contribution in [-0.4, -0.2) is 70.4 Å². The molecule has 3 heterocycles. The van der Waals surface area contributed by atoms with Crippen molar-refractivity contribution in [3.05, 3.63) is 29.8 Å². The number of amides is 1. The molecule has 0 N–H and O–H groups in total. The SMILES string of the molecule is C[S+]([O-])c1ccccc1C1CCN(N2CCC(N3CCCCC3=O)CC2)CC1. The van der Waals surface area contributed by atoms with Gasteiger partial charge in [0.2, 0.25) is 5.91 Å². The van der Waals surface area contributed by atoms with E-state index in [0.717, 1.165) is 76.1 Å². The van der Waals surface area contributed by atoms with Crippen LogP contribution in [0.5, 0.6) is 0 Å². The van der Waals surface area contributed by atoms with Crippen LogP contribution in [0.3, 0.4) is 0 Å². The Hall–Kier alpha value is -1.08. The fourth-order valence-corrected chi connectivity index (χ4v) is 6.04. The highest BCUT2D eigenvalue weighted by Gasteiger charge is 2.33. The van der Waals surface area contributed by atoms with Crippen molar-refractivity contribution >= 4 is 17.1 Å². The van der Waals surface area contributed by atoms with E-state index < -0.39 is 11.2 Å². The first kappa shape index (κ1) is 20.2. The molecule has 0 bridgehead atoms. The maximum atomic E-state index is 12.2. The van der Waals surface area contributed by atoms with Crippen LogP contribution >= 0.6 is 0 Å². The lowest BCUT2D eigenvalue weighted by molar-refractivity contribution is -0.138. The van der Waals surface area contributed by atoms with Crippen molar-refractivity contribution in [1.29, 1.82) is 0 Å². The molecule has 154 valence electrons. The predicted molar refractivity (Wildman–Crippen MR) is 112 cm³/mol. The lowest BCUT2D eigenvalue weighted by Crippen LogP contribution is -2.54. The van der Waals surface area contributed by atoms with Gasteiger partial charge in [0.05, 0.1) is 0 Å². The van der Waals surface area contributed by atoms with Crippen LogP contribution in [0.4, 0.5) is 0 Å². The fourth-order valence-electron chi connectivity index (χ4n) is 5.20. The summed E-state index contributed by atoms with van der Waals surface area (Å²) in [7, 11) is 0. The Bertz CT molecular complexity index is 668. The fraction of sp³-hybridized carbons (Fsp3) is 0.682. The van der Waals surface area contributed by atoms with E-state index in [1.54, 1.807) is 6.26 Å². The van der Waals surface area contributed by atoms with Crippen molar-refractivity contribution in [2.24, 2.45) is 0 Å². The third-order valence-corrected chi connectivity index (χ3v) is 7.77. The lowest BCUT2D eigenvalue weighted by Gasteiger charge is -2.45. The molecule has 1 aromatic rings. The molecule has 0 saturated carbocycles. The average molecular weight is 404 g/mol. The maximum absolute atomic E-state index is 12.2. The van der Waals surface area contributed by atoms with E-state index in [1.165, 1.54) is 12.0 Å². The van der Waals surface area contributed by atoms with E-state index in [1.807, 2.05) is 12.1 Å². The number of nitrogens with zero attached hydrogens (tertiary/aromatic N) is 3. The highest BCUT2D eigenvalue weighted by molar-refractivity contribution is 7.90. The number of likely N-dealkylation sites (tertiary alicyclic amines) is 1. The standard InChI is InChI=1S/C22H33N3O2S/c1-28(27)21-7-3-2-6-20(21)18-9-14-23(15-10-18)24-16-11-19(12-17-24)25-13-5-4-8-22(25)26/h2-3,6-7,18-19H,4-5,8-17H2,1H3. The van der Waals surface area contributed by atoms with Gasteiger partial charge in [-0.15, -0.1) is 0 Å². The summed E-state index contributed by atoms with van der Waals surface area (Å²) >= 11 is -0.921. The number of rotatable bonds is 4. The monoisotopic (exact) mass is 403 g/mol. The zero-order valence-electron chi connectivity index (χ0n) is 17.0. The summed E-state index contributed by atoms with van der Waals surface area (Å²) in [5, 5.41) is 5.04. The summed E-state index contributed by atoms with van der Waals surface area (Å²) in [6.07, 6.45) is 9.22. The third-order valence-electron chi connectivity index (χ3n) is 6.78. The first-order chi connectivity index (χ1) is 13.6. The largest absolute Gasteiger partial charge is 0.612 e. The Balaban J connectivity index is 1.29. The Kier molecular flexibility index (Phi) is 6.61. The molecule has 5 nitrogen and oxygen atoms in total. The van der Waals surface area contributed by atoms with Gasteiger partial charge in [-0.05, 0) is 61.7 Å². The molecule has 1 atom stereocenters. The Morgan fingerprint density at radius 1 is 0.929 bits per heavy atom. The van der Waals surface area contributed by atoms with E-state index in [-0.39, 0.29) is 0 Å². The van der Waals surface area contributed by atoms with Gasteiger partial charge in [0.1, 0.15) is 6.26 Å². The Morgan fingerprint density at radius 3 is 2.21 bits per heavy atom. The van der Waals surface area contributed by atoms with Gasteiger partial charge >= 0.3 is 0 Å². The molecule has 3 aliphatic heterocycles. The predicted octanol–water partition coefficient (Wildman–Crippen LogP) is 3.00. The third kappa shape index (κ3) is 4.40. The second-order valence-electron chi connectivity index (χ2n) is 8.45. The molecule has 0 radical (unpaired) electrons. The molecule has 0 spiro atoms. The van der Waals surface area contributed by atoms with Gasteiger partial charge < -0.3 is 9.45 Å². The molecule has 28 heavy (non-hydrogen) atoms. The molecule has 3 saturated heterocycles. The molecule has 0 aliphatic carbocycles. The Morgan fingerprint density at radius 2 is 1.57 bits per heavy atom. The number of hydrogen-bond donors (Lipinski definition) is 0. The van der Waals surface area contributed by atoms with E-state index in [0.29, 0.717) is 17.9 Å². The highest BCUT2D eigenvalue weighted by atomic mass is 32.2. The molecular formula is C22H33N3O2S. The van der Waals surface area contributed by atoms with Gasteiger partial charge in [-0.25, -0.2) is 10.0 Å². The van der Waals surface area contributed by atoms with Gasteiger partial charge in [0.25, 0.3) is 0 Å². The first-order valence-corrected chi connectivity index (χ1v) is 12.4. The first-order valence-electron chi connectivity index (χ1n) is 10.8. The van der Waals surface area contributed by atoms with Gasteiger partial charge in [-0.2, -0.15) is 0 Å². The number of benzene rings is 1. The van der Waals surface area contributed by atoms with Gasteiger partial charge in [-0.3, -0.25) is 4.79 Å². The molecule has 1 unspecified atom stereocenters. The lowest BCUT2D eigenvalue weighted by atomic mass is 9.90. The van der Waals surface area contributed by atoms with Gasteiger partial charge in [0, 0.05) is 50.7 Å². The van der Waals surface area contributed by atoms with E-state index in [4.69, 9.17) is 0 Å². The van der Waals surface area contributed by atoms with Crippen LogP contribution < -0.4 is 0 Å². The van der Waals surface area contributed by atoms with Gasteiger partial charge in [-0.1, -0.05) is 18.2 Å². The number of piperidine rings is 3. The Labute approximate surface area is 172 Å². The summed E-state index contributed by atoms with van der Waals surface area (Å²) in [6, 6.07) is 8.70. The summed E-state index contributed by atoms with van der Waals surface area (Å²) in [5.41, 5.74) is 1.28. The summed E-state index contributed by atoms with van der Waals surface area (Å²) in [6.45, 7) is 5.24. The second kappa shape index (κ2) is 9.16. The van der Waals surface area contributed by atoms with Crippen molar-refractivity contribution in [3.8, 4) is 0 Å². The normalized spacial score (nSPS) is 25.2. The van der Waals surface area contributed by atoms with Crippen LogP contribution in [0, 0.1) is 0 Å². The summed E-state index contributed by atoms with van der Waals surface area (Å²) in [5.74, 6) is 0.886. The van der Waals surface area contributed by atoms with Crippen LogP contribution in [0.25, 0.3) is 0 Å². The number of carbonyl (C=O) groups excluding carboxylic acids is 1. The number of carbonyl (C=O) groups is 1. The van der Waals surface area contributed by atoms with E-state index >= 15 is 0 Å². The topological polar surface area (TPSA) is 49.9 Å². The van der Waals surface area contributed by atoms with Crippen molar-refractivity contribution < 1.29 is 9.35 Å². The molecule has 3 fully saturated rings. The smallest absolute Gasteiger partial charge is 0.222 e. The summed E-state index contributed by atoms with van der Waals surface area (Å²) < 4.78 is 12.1. The minimum Gasteiger partial charge on any atom is -0.612 e. The highest BCUT2D eigenvalue weighted by Crippen LogP contribution is 2.33. The molecule has 3 aliphatic rings. The maximum Gasteiger partial charge on any atom is 0.222 e.